The molecule has 0 saturated carbocycles. The van der Waals surface area contributed by atoms with Gasteiger partial charge < -0.3 is 8.92 Å². The van der Waals surface area contributed by atoms with E-state index in [1.165, 1.54) is 0 Å². The molecular formula is C16H19F3O5S. The van der Waals surface area contributed by atoms with Gasteiger partial charge in [0, 0.05) is 6.42 Å². The molecule has 1 rings (SSSR count). The van der Waals surface area contributed by atoms with Crippen molar-refractivity contribution >= 4 is 16.1 Å². The van der Waals surface area contributed by atoms with Crippen molar-refractivity contribution < 1.29 is 35.3 Å². The van der Waals surface area contributed by atoms with E-state index in [-0.39, 0.29) is 12.0 Å². The Hall–Kier alpha value is -2.03. The largest absolute Gasteiger partial charge is 0.534 e. The number of hydrogen-bond acceptors (Lipinski definition) is 5. The minimum absolute atomic E-state index is 0.144. The molecule has 0 unspecified atom stereocenters. The summed E-state index contributed by atoms with van der Waals surface area (Å²) in [6.07, 6.45) is -0.144. The second kappa shape index (κ2) is 7.47. The number of ether oxygens (including phenoxy) is 1. The Morgan fingerprint density at radius 2 is 1.60 bits per heavy atom. The van der Waals surface area contributed by atoms with Gasteiger partial charge in [0.05, 0.1) is 5.57 Å². The lowest BCUT2D eigenvalue weighted by Gasteiger charge is -2.21. The highest BCUT2D eigenvalue weighted by molar-refractivity contribution is 7.87. The summed E-state index contributed by atoms with van der Waals surface area (Å²) in [5, 5.41) is 0. The van der Waals surface area contributed by atoms with E-state index < -0.39 is 33.0 Å². The topological polar surface area (TPSA) is 69.7 Å². The van der Waals surface area contributed by atoms with Crippen LogP contribution in [0.15, 0.2) is 41.7 Å². The van der Waals surface area contributed by atoms with Gasteiger partial charge >= 0.3 is 21.6 Å². The normalized spacial score (nSPS) is 13.9. The van der Waals surface area contributed by atoms with Crippen molar-refractivity contribution in [2.75, 3.05) is 0 Å². The summed E-state index contributed by atoms with van der Waals surface area (Å²) in [5.74, 6) is -1.64. The fourth-order valence-corrected chi connectivity index (χ4v) is 2.27. The SMILES string of the molecule is C/C(OS(=O)(=O)C(F)(F)F)=C(\Cc1ccccc1)C(=O)OC(C)(C)C. The van der Waals surface area contributed by atoms with Gasteiger partial charge in [0.15, 0.2) is 0 Å². The lowest BCUT2D eigenvalue weighted by Crippen LogP contribution is -2.28. The van der Waals surface area contributed by atoms with Gasteiger partial charge in [0.2, 0.25) is 0 Å². The van der Waals surface area contributed by atoms with E-state index in [1.807, 2.05) is 0 Å². The molecule has 140 valence electrons. The van der Waals surface area contributed by atoms with Gasteiger partial charge in [-0.25, -0.2) is 4.79 Å². The summed E-state index contributed by atoms with van der Waals surface area (Å²) in [6, 6.07) is 8.33. The van der Waals surface area contributed by atoms with Crippen LogP contribution in [0.1, 0.15) is 33.3 Å². The first-order valence-corrected chi connectivity index (χ1v) is 8.61. The van der Waals surface area contributed by atoms with Gasteiger partial charge in [-0.2, -0.15) is 21.6 Å². The molecule has 0 aliphatic carbocycles. The number of halogens is 3. The lowest BCUT2D eigenvalue weighted by molar-refractivity contribution is -0.150. The van der Waals surface area contributed by atoms with Crippen molar-refractivity contribution in [3.05, 3.63) is 47.2 Å². The Balaban J connectivity index is 3.26. The molecular weight excluding hydrogens is 361 g/mol. The number of alkyl halides is 3. The minimum atomic E-state index is -5.88. The highest BCUT2D eigenvalue weighted by Crippen LogP contribution is 2.28. The molecule has 0 bridgehead atoms. The molecule has 1 aromatic rings. The second-order valence-corrected chi connectivity index (χ2v) is 7.72. The standard InChI is InChI=1S/C16H19F3O5S/c1-11(24-25(21,22)16(17,18)19)13(14(20)23-15(2,3)4)10-12-8-6-5-7-9-12/h5-9H,10H2,1-4H3/b13-11-. The first kappa shape index (κ1) is 21.0. The number of allylic oxidation sites excluding steroid dienone is 1. The highest BCUT2D eigenvalue weighted by Gasteiger charge is 2.49. The van der Waals surface area contributed by atoms with E-state index >= 15 is 0 Å². The van der Waals surface area contributed by atoms with Crippen LogP contribution in [0.4, 0.5) is 13.2 Å². The number of hydrogen-bond donors (Lipinski definition) is 0. The summed E-state index contributed by atoms with van der Waals surface area (Å²) >= 11 is 0. The summed E-state index contributed by atoms with van der Waals surface area (Å²) in [7, 11) is -5.88. The number of carbonyl (C=O) groups excluding carboxylic acids is 1. The van der Waals surface area contributed by atoms with Gasteiger partial charge in [-0.15, -0.1) is 0 Å². The number of rotatable bonds is 5. The van der Waals surface area contributed by atoms with Crippen LogP contribution in [0.5, 0.6) is 0 Å². The van der Waals surface area contributed by atoms with Crippen molar-refractivity contribution in [2.24, 2.45) is 0 Å². The minimum Gasteiger partial charge on any atom is -0.457 e. The molecule has 0 radical (unpaired) electrons. The van der Waals surface area contributed by atoms with Gasteiger partial charge in [-0.1, -0.05) is 30.3 Å². The van der Waals surface area contributed by atoms with Crippen molar-refractivity contribution in [3.8, 4) is 0 Å². The molecule has 0 fully saturated rings. The van der Waals surface area contributed by atoms with Crippen LogP contribution in [-0.4, -0.2) is 25.5 Å². The summed E-state index contributed by atoms with van der Waals surface area (Å²) in [5.41, 5.74) is -6.24. The number of benzene rings is 1. The molecule has 0 aliphatic heterocycles. The zero-order valence-corrected chi connectivity index (χ0v) is 15.0. The molecule has 0 aromatic heterocycles. The van der Waals surface area contributed by atoms with E-state index in [1.54, 1.807) is 51.1 Å². The molecule has 0 saturated heterocycles. The van der Waals surface area contributed by atoms with Gasteiger partial charge in [0.1, 0.15) is 11.4 Å². The maximum Gasteiger partial charge on any atom is 0.534 e. The number of esters is 1. The third-order valence-electron chi connectivity index (χ3n) is 2.81. The van der Waals surface area contributed by atoms with E-state index in [0.29, 0.717) is 5.56 Å². The molecule has 0 spiro atoms. The van der Waals surface area contributed by atoms with E-state index in [0.717, 1.165) is 6.92 Å². The van der Waals surface area contributed by atoms with Crippen LogP contribution in [-0.2, 0) is 30.3 Å². The Labute approximate surface area is 144 Å². The summed E-state index contributed by atoms with van der Waals surface area (Å²) < 4.78 is 69.1. The summed E-state index contributed by atoms with van der Waals surface area (Å²) in [4.78, 5) is 12.3. The number of carbonyl (C=O) groups is 1. The zero-order valence-electron chi connectivity index (χ0n) is 14.2. The fourth-order valence-electron chi connectivity index (χ4n) is 1.74. The predicted octanol–water partition coefficient (Wildman–Crippen LogP) is 3.71. The third-order valence-corrected chi connectivity index (χ3v) is 3.85. The van der Waals surface area contributed by atoms with Gasteiger partial charge in [0.25, 0.3) is 0 Å². The van der Waals surface area contributed by atoms with Crippen LogP contribution < -0.4 is 0 Å². The monoisotopic (exact) mass is 380 g/mol. The predicted molar refractivity (Wildman–Crippen MR) is 84.8 cm³/mol. The Kier molecular flexibility index (Phi) is 6.28. The molecule has 25 heavy (non-hydrogen) atoms. The van der Waals surface area contributed by atoms with E-state index in [9.17, 15) is 26.4 Å². The molecule has 0 atom stereocenters. The molecule has 9 heteroatoms. The molecule has 1 aromatic carbocycles. The zero-order chi connectivity index (χ0) is 19.5. The van der Waals surface area contributed by atoms with Crippen LogP contribution in [0, 0.1) is 0 Å². The first-order chi connectivity index (χ1) is 11.2. The Morgan fingerprint density at radius 1 is 1.08 bits per heavy atom. The second-order valence-electron chi connectivity index (χ2n) is 6.18. The van der Waals surface area contributed by atoms with Crippen LogP contribution in [0.2, 0.25) is 0 Å². The van der Waals surface area contributed by atoms with Crippen molar-refractivity contribution in [1.82, 2.24) is 0 Å². The lowest BCUT2D eigenvalue weighted by atomic mass is 10.0. The molecule has 0 heterocycles. The fraction of sp³-hybridized carbons (Fsp3) is 0.438. The third kappa shape index (κ3) is 6.41. The maximum atomic E-state index is 12.5. The van der Waals surface area contributed by atoms with Gasteiger partial charge in [-0.3, -0.25) is 0 Å². The van der Waals surface area contributed by atoms with Crippen LogP contribution >= 0.6 is 0 Å². The van der Waals surface area contributed by atoms with Crippen molar-refractivity contribution in [2.45, 2.75) is 45.2 Å². The van der Waals surface area contributed by atoms with Gasteiger partial charge in [-0.05, 0) is 33.3 Å². The van der Waals surface area contributed by atoms with Crippen molar-refractivity contribution in [1.29, 1.82) is 0 Å². The van der Waals surface area contributed by atoms with E-state index in [4.69, 9.17) is 4.74 Å². The smallest absolute Gasteiger partial charge is 0.457 e. The molecule has 0 N–H and O–H groups in total. The average molecular weight is 380 g/mol. The Bertz CT molecular complexity index is 744. The molecule has 5 nitrogen and oxygen atoms in total. The maximum absolute atomic E-state index is 12.5. The van der Waals surface area contributed by atoms with E-state index in [2.05, 4.69) is 4.18 Å². The highest BCUT2D eigenvalue weighted by atomic mass is 32.2. The molecule has 0 aliphatic rings. The van der Waals surface area contributed by atoms with Crippen LogP contribution in [0.25, 0.3) is 0 Å². The summed E-state index contributed by atoms with van der Waals surface area (Å²) in [6.45, 7) is 5.71. The first-order valence-electron chi connectivity index (χ1n) is 7.21. The molecule has 0 amide bonds. The Morgan fingerprint density at radius 3 is 2.04 bits per heavy atom. The van der Waals surface area contributed by atoms with Crippen molar-refractivity contribution in [3.63, 3.8) is 0 Å². The van der Waals surface area contributed by atoms with Crippen LogP contribution in [0.3, 0.4) is 0 Å². The quantitative estimate of drug-likeness (QED) is 0.256. The average Bonchev–Trinajstić information content (AvgIpc) is 2.42.